The number of carbonyl (C=O) groups is 3. The second kappa shape index (κ2) is 13.5. The molecule has 0 aliphatic carbocycles. The van der Waals surface area contributed by atoms with Gasteiger partial charge in [-0.25, -0.2) is 0 Å². The van der Waals surface area contributed by atoms with Crippen LogP contribution in [0.25, 0.3) is 10.8 Å². The molecule has 0 fully saturated rings. The van der Waals surface area contributed by atoms with E-state index in [1.807, 2.05) is 24.3 Å². The lowest BCUT2D eigenvalue weighted by Crippen LogP contribution is -2.16. The molecule has 2 amide bonds. The van der Waals surface area contributed by atoms with Crippen LogP contribution in [0.3, 0.4) is 0 Å². The molecule has 5 aromatic carbocycles. The molecule has 0 bridgehead atoms. The summed E-state index contributed by atoms with van der Waals surface area (Å²) in [6.07, 6.45) is 0. The van der Waals surface area contributed by atoms with Gasteiger partial charge in [-0.2, -0.15) is 0 Å². The first-order valence-electron chi connectivity index (χ1n) is 12.3. The van der Waals surface area contributed by atoms with Gasteiger partial charge in [-0.1, -0.05) is 54.1 Å². The number of rotatable bonds is 10. The number of hydrogen-bond acceptors (Lipinski definition) is 7. The standard InChI is InChI=1S/C31H20Cl2N2O6S/c32-23-8-4-7-20(15-23)30(37)34-24-16-21(29(33)36)14-22(17-24)31(38)35-28-11-5-6-19-18-26(12-13-27(19)28)42-41-40-39-25-9-2-1-3-10-25/h1-18H,(H,34,37)(H,35,38). The van der Waals surface area contributed by atoms with Crippen molar-refractivity contribution in [2.24, 2.45) is 0 Å². The summed E-state index contributed by atoms with van der Waals surface area (Å²) in [4.78, 5) is 43.8. The van der Waals surface area contributed by atoms with Gasteiger partial charge in [0, 0.05) is 43.4 Å². The highest BCUT2D eigenvalue weighted by atomic mass is 35.5. The topological polar surface area (TPSA) is 103 Å². The fourth-order valence-electron chi connectivity index (χ4n) is 3.98. The first kappa shape index (κ1) is 29.1. The van der Waals surface area contributed by atoms with Crippen molar-refractivity contribution in [1.82, 2.24) is 0 Å². The van der Waals surface area contributed by atoms with Gasteiger partial charge < -0.3 is 15.5 Å². The zero-order valence-corrected chi connectivity index (χ0v) is 23.8. The van der Waals surface area contributed by atoms with Crippen molar-refractivity contribution in [2.45, 2.75) is 4.90 Å². The second-order valence-electron chi connectivity index (χ2n) is 8.80. The van der Waals surface area contributed by atoms with E-state index >= 15 is 0 Å². The van der Waals surface area contributed by atoms with Gasteiger partial charge in [-0.3, -0.25) is 14.4 Å². The van der Waals surface area contributed by atoms with Crippen LogP contribution in [0.5, 0.6) is 5.75 Å². The Morgan fingerprint density at radius 2 is 1.45 bits per heavy atom. The number of fused-ring (bicyclic) bond motifs is 1. The molecule has 0 saturated carbocycles. The van der Waals surface area contributed by atoms with Crippen LogP contribution < -0.4 is 15.5 Å². The van der Waals surface area contributed by atoms with Crippen LogP contribution in [0.2, 0.25) is 5.02 Å². The molecule has 0 atom stereocenters. The normalized spacial score (nSPS) is 10.7. The monoisotopic (exact) mass is 618 g/mol. The van der Waals surface area contributed by atoms with Crippen LogP contribution >= 0.6 is 35.2 Å². The number of anilines is 2. The van der Waals surface area contributed by atoms with Crippen molar-refractivity contribution >= 4 is 74.4 Å². The fraction of sp³-hybridized carbons (Fsp3) is 0. The quantitative estimate of drug-likeness (QED) is 0.0533. The van der Waals surface area contributed by atoms with E-state index in [2.05, 4.69) is 10.6 Å². The molecular weight excluding hydrogens is 599 g/mol. The highest BCUT2D eigenvalue weighted by Crippen LogP contribution is 2.30. The number of para-hydroxylation sites is 1. The Morgan fingerprint density at radius 3 is 2.24 bits per heavy atom. The number of nitrogens with one attached hydrogen (secondary N) is 2. The van der Waals surface area contributed by atoms with Gasteiger partial charge in [0.1, 0.15) is 0 Å². The molecule has 2 N–H and O–H groups in total. The van der Waals surface area contributed by atoms with E-state index in [-0.39, 0.29) is 16.8 Å². The molecule has 0 aromatic heterocycles. The molecule has 0 aliphatic heterocycles. The van der Waals surface area contributed by atoms with E-state index in [0.717, 1.165) is 27.7 Å². The summed E-state index contributed by atoms with van der Waals surface area (Å²) in [6, 6.07) is 30.4. The third-order valence-corrected chi connectivity index (χ3v) is 6.92. The summed E-state index contributed by atoms with van der Waals surface area (Å²) < 4.78 is 5.08. The van der Waals surface area contributed by atoms with Crippen LogP contribution in [0.4, 0.5) is 11.4 Å². The summed E-state index contributed by atoms with van der Waals surface area (Å²) in [5.41, 5.74) is 1.23. The van der Waals surface area contributed by atoms with Crippen molar-refractivity contribution in [1.29, 1.82) is 0 Å². The van der Waals surface area contributed by atoms with Gasteiger partial charge in [-0.05, 0) is 88.8 Å². The molecule has 42 heavy (non-hydrogen) atoms. The van der Waals surface area contributed by atoms with Crippen LogP contribution in [-0.2, 0) is 9.37 Å². The summed E-state index contributed by atoms with van der Waals surface area (Å²) in [5.74, 6) is -0.478. The predicted octanol–water partition coefficient (Wildman–Crippen LogP) is 8.33. The first-order valence-corrected chi connectivity index (χ1v) is 13.8. The molecule has 210 valence electrons. The molecule has 0 saturated heterocycles. The van der Waals surface area contributed by atoms with Crippen molar-refractivity contribution in [3.63, 3.8) is 0 Å². The van der Waals surface area contributed by atoms with Crippen molar-refractivity contribution in [2.75, 3.05) is 10.6 Å². The predicted molar refractivity (Wildman–Crippen MR) is 163 cm³/mol. The van der Waals surface area contributed by atoms with Crippen molar-refractivity contribution < 1.29 is 28.6 Å². The molecule has 0 radical (unpaired) electrons. The van der Waals surface area contributed by atoms with Gasteiger partial charge in [0.25, 0.3) is 17.1 Å². The highest BCUT2D eigenvalue weighted by molar-refractivity contribution is 7.94. The average Bonchev–Trinajstić information content (AvgIpc) is 2.99. The maximum absolute atomic E-state index is 13.3. The van der Waals surface area contributed by atoms with E-state index in [0.29, 0.717) is 22.0 Å². The van der Waals surface area contributed by atoms with Crippen LogP contribution in [-0.4, -0.2) is 17.1 Å². The van der Waals surface area contributed by atoms with Gasteiger partial charge in [0.2, 0.25) is 0 Å². The maximum atomic E-state index is 13.3. The Hall–Kier alpha value is -4.38. The fourth-order valence-corrected chi connectivity index (χ4v) is 4.71. The highest BCUT2D eigenvalue weighted by Gasteiger charge is 2.16. The van der Waals surface area contributed by atoms with Crippen molar-refractivity contribution in [3.8, 4) is 5.75 Å². The summed E-state index contributed by atoms with van der Waals surface area (Å²) >= 11 is 12.7. The Morgan fingerprint density at radius 1 is 0.690 bits per heavy atom. The van der Waals surface area contributed by atoms with E-state index in [4.69, 9.17) is 37.5 Å². The molecule has 0 unspecified atom stereocenters. The van der Waals surface area contributed by atoms with Gasteiger partial charge >= 0.3 is 0 Å². The van der Waals surface area contributed by atoms with Gasteiger partial charge in [0.15, 0.2) is 5.75 Å². The number of carbonyl (C=O) groups excluding carboxylic acids is 3. The smallest absolute Gasteiger partial charge is 0.255 e. The maximum Gasteiger partial charge on any atom is 0.255 e. The minimum Gasteiger partial charge on any atom is -0.322 e. The zero-order chi connectivity index (χ0) is 29.5. The molecule has 5 aromatic rings. The lowest BCUT2D eigenvalue weighted by atomic mass is 10.1. The number of halogens is 2. The lowest BCUT2D eigenvalue weighted by Gasteiger charge is -2.12. The zero-order valence-electron chi connectivity index (χ0n) is 21.5. The van der Waals surface area contributed by atoms with Crippen LogP contribution in [0.15, 0.2) is 114 Å². The number of amides is 2. The molecule has 0 spiro atoms. The summed E-state index contributed by atoms with van der Waals surface area (Å²) in [6.45, 7) is 0. The number of benzene rings is 5. The SMILES string of the molecule is O=C(Cl)c1cc(NC(=O)c2cccc(Cl)c2)cc(C(=O)Nc2cccc3cc(SOOOc4ccccc4)ccc23)c1. The van der Waals surface area contributed by atoms with E-state index in [1.165, 1.54) is 24.3 Å². The van der Waals surface area contributed by atoms with Crippen LogP contribution in [0.1, 0.15) is 31.1 Å². The Kier molecular flexibility index (Phi) is 9.38. The minimum atomic E-state index is -0.779. The van der Waals surface area contributed by atoms with Gasteiger partial charge in [0.05, 0.1) is 12.0 Å². The van der Waals surface area contributed by atoms with E-state index < -0.39 is 17.1 Å². The largest absolute Gasteiger partial charge is 0.322 e. The lowest BCUT2D eigenvalue weighted by molar-refractivity contribution is -0.403. The molecule has 0 aliphatic rings. The Balaban J connectivity index is 1.30. The summed E-state index contributed by atoms with van der Waals surface area (Å²) in [7, 11) is 0. The molecule has 8 nitrogen and oxygen atoms in total. The third kappa shape index (κ3) is 7.47. The van der Waals surface area contributed by atoms with Crippen LogP contribution in [0, 0.1) is 0 Å². The molecule has 0 heterocycles. The van der Waals surface area contributed by atoms with E-state index in [9.17, 15) is 14.4 Å². The van der Waals surface area contributed by atoms with Gasteiger partial charge in [-0.15, -0.1) is 4.33 Å². The van der Waals surface area contributed by atoms with E-state index in [1.54, 1.807) is 60.7 Å². The molecular formula is C31H20Cl2N2O6S. The minimum absolute atomic E-state index is 0.0451. The summed E-state index contributed by atoms with van der Waals surface area (Å²) in [5, 5.41) is 11.5. The molecule has 11 heteroatoms. The third-order valence-electron chi connectivity index (χ3n) is 5.90. The van der Waals surface area contributed by atoms with Crippen molar-refractivity contribution in [3.05, 3.63) is 131 Å². The first-order chi connectivity index (χ1) is 20.4. The second-order valence-corrected chi connectivity index (χ2v) is 10.3. The Bertz CT molecular complexity index is 1780. The number of hydrogen-bond donors (Lipinski definition) is 2. The average molecular weight is 619 g/mol. The Labute approximate surface area is 254 Å². The molecule has 5 rings (SSSR count).